The molecule has 6 rings (SSSR count). The molecule has 9 atom stereocenters. The first-order valence-electron chi connectivity index (χ1n) is 19.4. The van der Waals surface area contributed by atoms with Crippen LogP contribution in [0.1, 0.15) is 122 Å². The summed E-state index contributed by atoms with van der Waals surface area (Å²) in [5.74, 6) is 1.47. The van der Waals surface area contributed by atoms with Crippen molar-refractivity contribution in [1.82, 2.24) is 14.9 Å². The number of amides is 2. The van der Waals surface area contributed by atoms with Crippen LogP contribution in [0.3, 0.4) is 0 Å². The van der Waals surface area contributed by atoms with Crippen molar-refractivity contribution in [2.45, 2.75) is 111 Å². The number of urea groups is 1. The molecule has 5 aliphatic carbocycles. The van der Waals surface area contributed by atoms with E-state index in [1.807, 2.05) is 12.1 Å². The van der Waals surface area contributed by atoms with E-state index in [1.165, 1.54) is 47.4 Å². The van der Waals surface area contributed by atoms with Crippen molar-refractivity contribution in [3.63, 3.8) is 0 Å². The van der Waals surface area contributed by atoms with Crippen molar-refractivity contribution < 1.29 is 23.1 Å². The van der Waals surface area contributed by atoms with E-state index in [-0.39, 0.29) is 33.2 Å². The van der Waals surface area contributed by atoms with Crippen LogP contribution in [-0.4, -0.2) is 61.8 Å². The molecule has 2 amide bonds. The molecule has 8 nitrogen and oxygen atoms in total. The second kappa shape index (κ2) is 13.0. The molecule has 0 heterocycles. The second-order valence-corrected chi connectivity index (χ2v) is 20.7. The lowest BCUT2D eigenvalue weighted by molar-refractivity contribution is -0.218. The van der Waals surface area contributed by atoms with E-state index >= 15 is 0 Å². The van der Waals surface area contributed by atoms with E-state index in [0.29, 0.717) is 54.7 Å². The van der Waals surface area contributed by atoms with Crippen LogP contribution < -0.4 is 10.6 Å². The molecule has 4 fully saturated rings. The van der Waals surface area contributed by atoms with Crippen LogP contribution in [0.15, 0.2) is 42.5 Å². The molecule has 51 heavy (non-hydrogen) atoms. The highest BCUT2D eigenvalue weighted by atomic mass is 32.2. The fourth-order valence-corrected chi connectivity index (χ4v) is 13.7. The van der Waals surface area contributed by atoms with Gasteiger partial charge in [0.2, 0.25) is 10.0 Å². The average Bonchev–Trinajstić information content (AvgIpc) is 3.42. The summed E-state index contributed by atoms with van der Waals surface area (Å²) in [7, 11) is -1.67. The summed E-state index contributed by atoms with van der Waals surface area (Å²) in [5, 5.41) is 16.1. The van der Waals surface area contributed by atoms with Gasteiger partial charge in [-0.25, -0.2) is 22.3 Å². The number of carbonyl (C=O) groups excluding carboxylic acids is 1. The topological polar surface area (TPSA) is 116 Å². The third kappa shape index (κ3) is 6.10. The summed E-state index contributed by atoms with van der Waals surface area (Å²) in [6.45, 7) is 20.2. The number of nitrogens with zero attached hydrogens (tertiary/aromatic N) is 1. The third-order valence-corrected chi connectivity index (χ3v) is 17.3. The lowest BCUT2D eigenvalue weighted by atomic mass is 9.33. The normalized spacial score (nSPS) is 38.4. The molecule has 0 spiro atoms. The van der Waals surface area contributed by atoms with Crippen LogP contribution in [0, 0.1) is 51.2 Å². The van der Waals surface area contributed by atoms with E-state index in [1.54, 1.807) is 19.2 Å². The standard InChI is InChI=1S/C42H63N3O5S/c1-27(2)30-17-22-42(44-37(48)43-25-10-26-45(8)51(9,49)50)24-23-40(6)32(35(30)42)15-16-34-39(5)20-18-31(28-11-13-29(14-12-28)36(46)47)38(3,4)33(39)19-21-41(34,40)7/h11-14,18,30,32-35H,1,10,15-17,19-26H2,2-9H3,(H,46,47)(H2,43,44,48). The van der Waals surface area contributed by atoms with Crippen LogP contribution in [-0.2, 0) is 10.0 Å². The summed E-state index contributed by atoms with van der Waals surface area (Å²) < 4.78 is 24.9. The van der Waals surface area contributed by atoms with Gasteiger partial charge in [0.25, 0.3) is 0 Å². The minimum absolute atomic E-state index is 0.0352. The van der Waals surface area contributed by atoms with Crippen LogP contribution >= 0.6 is 0 Å². The predicted octanol–water partition coefficient (Wildman–Crippen LogP) is 8.37. The largest absolute Gasteiger partial charge is 0.478 e. The first kappa shape index (κ1) is 38.1. The van der Waals surface area contributed by atoms with Gasteiger partial charge in [0.05, 0.1) is 11.8 Å². The molecule has 0 radical (unpaired) electrons. The van der Waals surface area contributed by atoms with Crippen molar-refractivity contribution in [2.75, 3.05) is 26.4 Å². The maximum Gasteiger partial charge on any atom is 0.335 e. The molecule has 9 unspecified atom stereocenters. The molecule has 1 aromatic carbocycles. The molecule has 0 bridgehead atoms. The molecule has 0 saturated heterocycles. The van der Waals surface area contributed by atoms with Crippen molar-refractivity contribution in [3.8, 4) is 0 Å². The Hall–Kier alpha value is -2.65. The minimum Gasteiger partial charge on any atom is -0.478 e. The lowest BCUT2D eigenvalue weighted by Gasteiger charge is -2.72. The maximum atomic E-state index is 13.5. The minimum atomic E-state index is -3.24. The van der Waals surface area contributed by atoms with Crippen molar-refractivity contribution in [2.24, 2.45) is 51.2 Å². The Morgan fingerprint density at radius 3 is 2.25 bits per heavy atom. The zero-order chi connectivity index (χ0) is 37.4. The van der Waals surface area contributed by atoms with Gasteiger partial charge in [-0.15, -0.1) is 0 Å². The first-order valence-corrected chi connectivity index (χ1v) is 21.2. The van der Waals surface area contributed by atoms with Gasteiger partial charge >= 0.3 is 12.0 Å². The van der Waals surface area contributed by atoms with Crippen molar-refractivity contribution in [1.29, 1.82) is 0 Å². The number of fused-ring (bicyclic) bond motifs is 7. The van der Waals surface area contributed by atoms with Crippen molar-refractivity contribution >= 4 is 27.6 Å². The number of hydrogen-bond donors (Lipinski definition) is 3. The highest BCUT2D eigenvalue weighted by Crippen LogP contribution is 2.76. The molecule has 282 valence electrons. The number of rotatable bonds is 9. The van der Waals surface area contributed by atoms with Gasteiger partial charge in [-0.05, 0) is 146 Å². The fraction of sp³-hybridized carbons (Fsp3) is 0.714. The number of benzene rings is 1. The number of allylic oxidation sites excluding steroid dienone is 3. The zero-order valence-electron chi connectivity index (χ0n) is 32.4. The van der Waals surface area contributed by atoms with E-state index in [9.17, 15) is 23.1 Å². The molecule has 4 saturated carbocycles. The fourth-order valence-electron chi connectivity index (χ4n) is 13.2. The highest BCUT2D eigenvalue weighted by Gasteiger charge is 2.70. The summed E-state index contributed by atoms with van der Waals surface area (Å²) >= 11 is 0. The van der Waals surface area contributed by atoms with Crippen LogP contribution in [0.4, 0.5) is 4.79 Å². The summed E-state index contributed by atoms with van der Waals surface area (Å²) in [4.78, 5) is 25.1. The summed E-state index contributed by atoms with van der Waals surface area (Å²) in [6.07, 6.45) is 14.2. The van der Waals surface area contributed by atoms with Gasteiger partial charge in [-0.2, -0.15) is 0 Å². The third-order valence-electron chi connectivity index (χ3n) is 16.0. The Morgan fingerprint density at radius 1 is 0.941 bits per heavy atom. The molecule has 0 aromatic heterocycles. The second-order valence-electron chi connectivity index (χ2n) is 18.6. The van der Waals surface area contributed by atoms with Crippen LogP contribution in [0.5, 0.6) is 0 Å². The summed E-state index contributed by atoms with van der Waals surface area (Å²) in [5.41, 5.74) is 4.26. The molecule has 0 aliphatic heterocycles. The Kier molecular flexibility index (Phi) is 9.73. The Bertz CT molecular complexity index is 1700. The maximum absolute atomic E-state index is 13.5. The van der Waals surface area contributed by atoms with Gasteiger partial charge in [0, 0.05) is 25.7 Å². The number of aromatic carboxylic acids is 1. The molecule has 5 aliphatic rings. The summed E-state index contributed by atoms with van der Waals surface area (Å²) in [6, 6.07) is 7.35. The van der Waals surface area contributed by atoms with E-state index < -0.39 is 16.0 Å². The Balaban J connectivity index is 1.24. The van der Waals surface area contributed by atoms with E-state index in [4.69, 9.17) is 0 Å². The monoisotopic (exact) mass is 721 g/mol. The quantitative estimate of drug-likeness (QED) is 0.175. The van der Waals surface area contributed by atoms with Gasteiger partial charge in [-0.1, -0.05) is 65.0 Å². The number of sulfonamides is 1. The number of nitrogens with one attached hydrogen (secondary N) is 2. The molecular formula is C42H63N3O5S. The SMILES string of the molecule is C=C(C)C1CCC2(NC(=O)NCCCN(C)S(C)(=O)=O)CCC3(C)C(CCC4C5(C)CC=C(c6ccc(C(=O)O)cc6)C(C)(C)C5CCC43C)C12. The van der Waals surface area contributed by atoms with Gasteiger partial charge in [0.15, 0.2) is 0 Å². The smallest absolute Gasteiger partial charge is 0.335 e. The molecule has 3 N–H and O–H groups in total. The number of carboxylic acids is 1. The lowest BCUT2D eigenvalue weighted by Crippen LogP contribution is -2.68. The van der Waals surface area contributed by atoms with Gasteiger partial charge in [0.1, 0.15) is 0 Å². The number of hydrogen-bond acceptors (Lipinski definition) is 4. The molecule has 1 aromatic rings. The van der Waals surface area contributed by atoms with E-state index in [2.05, 4.69) is 64.8 Å². The van der Waals surface area contributed by atoms with Crippen LogP contribution in [0.25, 0.3) is 5.57 Å². The van der Waals surface area contributed by atoms with E-state index in [0.717, 1.165) is 37.7 Å². The first-order chi connectivity index (χ1) is 23.7. The van der Waals surface area contributed by atoms with Crippen LogP contribution in [0.2, 0.25) is 0 Å². The number of carbonyl (C=O) groups is 2. The van der Waals surface area contributed by atoms with Crippen molar-refractivity contribution in [3.05, 3.63) is 53.6 Å². The highest BCUT2D eigenvalue weighted by molar-refractivity contribution is 7.88. The van der Waals surface area contributed by atoms with Gasteiger partial charge in [-0.3, -0.25) is 0 Å². The molecular weight excluding hydrogens is 659 g/mol. The Labute approximate surface area is 307 Å². The zero-order valence-corrected chi connectivity index (χ0v) is 33.2. The molecule has 9 heteroatoms. The Morgan fingerprint density at radius 2 is 1.63 bits per heavy atom. The predicted molar refractivity (Wildman–Crippen MR) is 205 cm³/mol. The number of carboxylic acid groups (broad SMARTS) is 1. The van der Waals surface area contributed by atoms with Gasteiger partial charge < -0.3 is 15.7 Å². The average molecular weight is 722 g/mol.